The van der Waals surface area contributed by atoms with E-state index in [1.165, 1.54) is 5.56 Å². The number of fused-ring (bicyclic) bond motifs is 2. The van der Waals surface area contributed by atoms with Gasteiger partial charge in [0.15, 0.2) is 5.43 Å². The molecule has 0 atom stereocenters. The third-order valence-electron chi connectivity index (χ3n) is 3.44. The molecule has 2 aromatic carbocycles. The molecular weight excluding hydrogens is 252 g/mol. The minimum atomic E-state index is 0.107. The van der Waals surface area contributed by atoms with E-state index in [-0.39, 0.29) is 10.8 Å². The molecule has 0 spiro atoms. The lowest BCUT2D eigenvalue weighted by Crippen LogP contribution is -2.11. The largest absolute Gasteiger partial charge is 0.289 e. The summed E-state index contributed by atoms with van der Waals surface area (Å²) in [6, 6.07) is 14.0. The molecular formula is C17H16OS. The van der Waals surface area contributed by atoms with Crippen molar-refractivity contribution >= 4 is 31.5 Å². The summed E-state index contributed by atoms with van der Waals surface area (Å²) >= 11 is 1.70. The van der Waals surface area contributed by atoms with Gasteiger partial charge in [-0.15, -0.1) is 11.3 Å². The highest BCUT2D eigenvalue weighted by molar-refractivity contribution is 7.24. The molecule has 19 heavy (non-hydrogen) atoms. The van der Waals surface area contributed by atoms with E-state index >= 15 is 0 Å². The summed E-state index contributed by atoms with van der Waals surface area (Å²) in [5.74, 6) is 0. The lowest BCUT2D eigenvalue weighted by atomic mass is 9.87. The summed E-state index contributed by atoms with van der Waals surface area (Å²) in [5, 5.41) is 1.65. The second kappa shape index (κ2) is 4.17. The van der Waals surface area contributed by atoms with E-state index in [1.807, 2.05) is 30.3 Å². The Bertz CT molecular complexity index is 822. The predicted molar refractivity (Wildman–Crippen MR) is 84.3 cm³/mol. The summed E-state index contributed by atoms with van der Waals surface area (Å²) < 4.78 is 2.14. The van der Waals surface area contributed by atoms with Gasteiger partial charge in [0.05, 0.1) is 0 Å². The van der Waals surface area contributed by atoms with Gasteiger partial charge in [-0.1, -0.05) is 39.0 Å². The van der Waals surface area contributed by atoms with Gasteiger partial charge in [0.25, 0.3) is 0 Å². The van der Waals surface area contributed by atoms with Gasteiger partial charge in [-0.05, 0) is 35.2 Å². The van der Waals surface area contributed by atoms with Gasteiger partial charge in [0, 0.05) is 20.2 Å². The second-order valence-electron chi connectivity index (χ2n) is 5.89. The fraction of sp³-hybridized carbons (Fsp3) is 0.235. The quantitative estimate of drug-likeness (QED) is 0.539. The SMILES string of the molecule is CC(C)(C)c1ccc2c(=O)c3ccccc3sc2c1. The lowest BCUT2D eigenvalue weighted by molar-refractivity contribution is 0.591. The minimum Gasteiger partial charge on any atom is -0.289 e. The van der Waals surface area contributed by atoms with E-state index in [9.17, 15) is 4.79 Å². The van der Waals surface area contributed by atoms with Crippen molar-refractivity contribution in [2.24, 2.45) is 0 Å². The standard InChI is InChI=1S/C17H16OS/c1-17(2,3)11-8-9-13-15(10-11)19-14-7-5-4-6-12(14)16(13)18/h4-10H,1-3H3. The molecule has 0 aliphatic heterocycles. The molecule has 0 aliphatic carbocycles. The normalized spacial score (nSPS) is 12.2. The van der Waals surface area contributed by atoms with Crippen molar-refractivity contribution < 1.29 is 0 Å². The molecule has 0 bridgehead atoms. The zero-order valence-corrected chi connectivity index (χ0v) is 12.2. The van der Waals surface area contributed by atoms with Crippen LogP contribution >= 0.6 is 11.3 Å². The Morgan fingerprint density at radius 2 is 1.58 bits per heavy atom. The molecule has 2 heteroatoms. The summed E-state index contributed by atoms with van der Waals surface area (Å²) in [6.07, 6.45) is 0. The van der Waals surface area contributed by atoms with Crippen molar-refractivity contribution in [2.45, 2.75) is 26.2 Å². The minimum absolute atomic E-state index is 0.107. The van der Waals surface area contributed by atoms with Crippen LogP contribution in [-0.2, 0) is 5.41 Å². The molecule has 0 fully saturated rings. The van der Waals surface area contributed by atoms with Gasteiger partial charge < -0.3 is 0 Å². The van der Waals surface area contributed by atoms with Gasteiger partial charge in [0.2, 0.25) is 0 Å². The van der Waals surface area contributed by atoms with Gasteiger partial charge in [0.1, 0.15) is 0 Å². The first-order valence-electron chi connectivity index (χ1n) is 6.43. The van der Waals surface area contributed by atoms with Gasteiger partial charge in [-0.25, -0.2) is 0 Å². The van der Waals surface area contributed by atoms with Crippen molar-refractivity contribution in [3.05, 3.63) is 58.3 Å². The van der Waals surface area contributed by atoms with Crippen LogP contribution in [0.1, 0.15) is 26.3 Å². The summed E-state index contributed by atoms with van der Waals surface area (Å²) in [6.45, 7) is 6.58. The van der Waals surface area contributed by atoms with Crippen LogP contribution in [0.2, 0.25) is 0 Å². The third-order valence-corrected chi connectivity index (χ3v) is 4.58. The van der Waals surface area contributed by atoms with Crippen LogP contribution in [0.3, 0.4) is 0 Å². The summed E-state index contributed by atoms with van der Waals surface area (Å²) in [5.41, 5.74) is 1.52. The van der Waals surface area contributed by atoms with E-state index in [2.05, 4.69) is 32.9 Å². The summed E-state index contributed by atoms with van der Waals surface area (Å²) in [7, 11) is 0. The van der Waals surface area contributed by atoms with Gasteiger partial charge in [-0.3, -0.25) is 4.79 Å². The van der Waals surface area contributed by atoms with Crippen LogP contribution in [0, 0.1) is 0 Å². The van der Waals surface area contributed by atoms with Crippen LogP contribution in [0.25, 0.3) is 20.2 Å². The number of hydrogen-bond donors (Lipinski definition) is 0. The molecule has 96 valence electrons. The van der Waals surface area contributed by atoms with Crippen LogP contribution in [-0.4, -0.2) is 0 Å². The first-order valence-corrected chi connectivity index (χ1v) is 7.24. The monoisotopic (exact) mass is 268 g/mol. The molecule has 0 unspecified atom stereocenters. The Hall–Kier alpha value is -1.67. The fourth-order valence-electron chi connectivity index (χ4n) is 2.27. The van der Waals surface area contributed by atoms with Crippen LogP contribution in [0.4, 0.5) is 0 Å². The van der Waals surface area contributed by atoms with Crippen molar-refractivity contribution in [2.75, 3.05) is 0 Å². The molecule has 0 amide bonds. The Labute approximate surface area is 116 Å². The Morgan fingerprint density at radius 3 is 2.32 bits per heavy atom. The maximum absolute atomic E-state index is 12.5. The first-order chi connectivity index (χ1) is 8.97. The Balaban J connectivity index is 2.42. The van der Waals surface area contributed by atoms with Gasteiger partial charge >= 0.3 is 0 Å². The van der Waals surface area contributed by atoms with E-state index in [1.54, 1.807) is 11.3 Å². The fourth-order valence-corrected chi connectivity index (χ4v) is 3.38. The number of benzene rings is 2. The molecule has 1 aromatic heterocycles. The average molecular weight is 268 g/mol. The highest BCUT2D eigenvalue weighted by Crippen LogP contribution is 2.29. The van der Waals surface area contributed by atoms with Crippen molar-refractivity contribution in [3.63, 3.8) is 0 Å². The van der Waals surface area contributed by atoms with Gasteiger partial charge in [-0.2, -0.15) is 0 Å². The van der Waals surface area contributed by atoms with E-state index in [4.69, 9.17) is 0 Å². The molecule has 1 nitrogen and oxygen atoms in total. The zero-order chi connectivity index (χ0) is 13.6. The van der Waals surface area contributed by atoms with Crippen LogP contribution in [0.5, 0.6) is 0 Å². The van der Waals surface area contributed by atoms with Crippen molar-refractivity contribution in [1.82, 2.24) is 0 Å². The molecule has 0 saturated heterocycles. The van der Waals surface area contributed by atoms with Crippen LogP contribution < -0.4 is 5.43 Å². The smallest absolute Gasteiger partial charge is 0.195 e. The average Bonchev–Trinajstić information content (AvgIpc) is 2.37. The maximum Gasteiger partial charge on any atom is 0.195 e. The Morgan fingerprint density at radius 1 is 0.895 bits per heavy atom. The maximum atomic E-state index is 12.5. The summed E-state index contributed by atoms with van der Waals surface area (Å²) in [4.78, 5) is 12.5. The topological polar surface area (TPSA) is 17.1 Å². The molecule has 0 aliphatic rings. The molecule has 0 radical (unpaired) electrons. The Kier molecular flexibility index (Phi) is 2.72. The predicted octanol–water partition coefficient (Wildman–Crippen LogP) is 4.71. The molecule has 3 aromatic rings. The number of hydrogen-bond acceptors (Lipinski definition) is 2. The van der Waals surface area contributed by atoms with Crippen molar-refractivity contribution in [3.8, 4) is 0 Å². The van der Waals surface area contributed by atoms with E-state index in [0.29, 0.717) is 0 Å². The zero-order valence-electron chi connectivity index (χ0n) is 11.4. The molecule has 0 N–H and O–H groups in total. The van der Waals surface area contributed by atoms with Crippen LogP contribution in [0.15, 0.2) is 47.3 Å². The molecule has 3 rings (SSSR count). The third kappa shape index (κ3) is 2.06. The first kappa shape index (κ1) is 12.4. The van der Waals surface area contributed by atoms with Crippen molar-refractivity contribution in [1.29, 1.82) is 0 Å². The molecule has 1 heterocycles. The van der Waals surface area contributed by atoms with E-state index < -0.39 is 0 Å². The second-order valence-corrected chi connectivity index (χ2v) is 6.97. The highest BCUT2D eigenvalue weighted by Gasteiger charge is 2.15. The van der Waals surface area contributed by atoms with E-state index in [0.717, 1.165) is 20.2 Å². The lowest BCUT2D eigenvalue weighted by Gasteiger charge is -2.19. The highest BCUT2D eigenvalue weighted by atomic mass is 32.1. The number of rotatable bonds is 0. The molecule has 0 saturated carbocycles.